The molecule has 6 heteroatoms. The molecule has 0 aliphatic carbocycles. The van der Waals surface area contributed by atoms with Gasteiger partial charge in [0.25, 0.3) is 0 Å². The highest BCUT2D eigenvalue weighted by atomic mass is 79.9. The van der Waals surface area contributed by atoms with Crippen molar-refractivity contribution in [2.24, 2.45) is 5.10 Å². The Kier molecular flexibility index (Phi) is 5.86. The summed E-state index contributed by atoms with van der Waals surface area (Å²) in [5.74, 6) is 1.29. The van der Waals surface area contributed by atoms with Crippen molar-refractivity contribution < 1.29 is 13.9 Å². The average Bonchev–Trinajstić information content (AvgIpc) is 3.09. The van der Waals surface area contributed by atoms with Crippen LogP contribution in [-0.4, -0.2) is 12.1 Å². The maximum absolute atomic E-state index is 11.8. The van der Waals surface area contributed by atoms with Gasteiger partial charge < -0.3 is 9.15 Å². The van der Waals surface area contributed by atoms with E-state index in [1.165, 1.54) is 0 Å². The first kappa shape index (κ1) is 17.9. The highest BCUT2D eigenvalue weighted by Crippen LogP contribution is 2.15. The summed E-state index contributed by atoms with van der Waals surface area (Å²) in [5.41, 5.74) is 4.36. The fraction of sp³-hybridized carbons (Fsp3) is 0.100. The van der Waals surface area contributed by atoms with Crippen molar-refractivity contribution in [1.29, 1.82) is 0 Å². The molecule has 26 heavy (non-hydrogen) atoms. The fourth-order valence-electron chi connectivity index (χ4n) is 2.17. The van der Waals surface area contributed by atoms with Gasteiger partial charge in [0.15, 0.2) is 5.76 Å². The zero-order valence-corrected chi connectivity index (χ0v) is 15.7. The monoisotopic (exact) mass is 412 g/mol. The number of rotatable bonds is 6. The number of carbonyl (C=O) groups excluding carboxylic acids is 1. The lowest BCUT2D eigenvalue weighted by molar-refractivity contribution is 0.0926. The van der Waals surface area contributed by atoms with E-state index in [1.807, 2.05) is 48.5 Å². The molecular weight excluding hydrogens is 396 g/mol. The quantitative estimate of drug-likeness (QED) is 0.471. The van der Waals surface area contributed by atoms with Gasteiger partial charge >= 0.3 is 5.91 Å². The largest absolute Gasteiger partial charge is 0.489 e. The van der Waals surface area contributed by atoms with E-state index in [-0.39, 0.29) is 11.7 Å². The fourth-order valence-corrected chi connectivity index (χ4v) is 2.44. The SMILES string of the molecule is Cc1ccc(C(=O)N/N=C/c2ccc(OCc3ccc(Br)cc3)cc2)o1. The maximum Gasteiger partial charge on any atom is 0.307 e. The number of nitrogens with zero attached hydrogens (tertiary/aromatic N) is 1. The standard InChI is InChI=1S/C20H17BrN2O3/c1-14-2-11-19(26-14)20(24)23-22-12-15-5-9-18(10-6-15)25-13-16-3-7-17(21)8-4-16/h2-12H,13H2,1H3,(H,23,24)/b22-12+. The third-order valence-electron chi connectivity index (χ3n) is 3.54. The molecule has 1 amide bonds. The van der Waals surface area contributed by atoms with Crippen molar-refractivity contribution in [1.82, 2.24) is 5.43 Å². The van der Waals surface area contributed by atoms with Crippen LogP contribution in [0.4, 0.5) is 0 Å². The Bertz CT molecular complexity index is 900. The lowest BCUT2D eigenvalue weighted by atomic mass is 10.2. The van der Waals surface area contributed by atoms with E-state index in [1.54, 1.807) is 25.3 Å². The van der Waals surface area contributed by atoms with Crippen molar-refractivity contribution in [3.05, 3.63) is 87.8 Å². The molecule has 0 saturated carbocycles. The summed E-state index contributed by atoms with van der Waals surface area (Å²) in [6.45, 7) is 2.28. The minimum absolute atomic E-state index is 0.233. The Balaban J connectivity index is 1.50. The van der Waals surface area contributed by atoms with Crippen LogP contribution in [0, 0.1) is 6.92 Å². The highest BCUT2D eigenvalue weighted by Gasteiger charge is 2.07. The molecule has 3 rings (SSSR count). The summed E-state index contributed by atoms with van der Waals surface area (Å²) < 4.78 is 12.0. The molecule has 1 aromatic heterocycles. The molecule has 1 N–H and O–H groups in total. The van der Waals surface area contributed by atoms with Gasteiger partial charge in [-0.25, -0.2) is 5.43 Å². The number of carbonyl (C=O) groups is 1. The van der Waals surface area contributed by atoms with Gasteiger partial charge in [-0.2, -0.15) is 5.10 Å². The smallest absolute Gasteiger partial charge is 0.307 e. The summed E-state index contributed by atoms with van der Waals surface area (Å²) >= 11 is 3.41. The minimum Gasteiger partial charge on any atom is -0.489 e. The second-order valence-corrected chi connectivity index (χ2v) is 6.51. The number of amides is 1. The third kappa shape index (κ3) is 5.07. The van der Waals surface area contributed by atoms with Crippen LogP contribution < -0.4 is 10.2 Å². The first-order valence-electron chi connectivity index (χ1n) is 7.97. The topological polar surface area (TPSA) is 63.8 Å². The van der Waals surface area contributed by atoms with E-state index in [0.717, 1.165) is 21.3 Å². The summed E-state index contributed by atoms with van der Waals surface area (Å²) in [7, 11) is 0. The lowest BCUT2D eigenvalue weighted by Gasteiger charge is -2.06. The van der Waals surface area contributed by atoms with E-state index in [4.69, 9.17) is 9.15 Å². The van der Waals surface area contributed by atoms with Gasteiger partial charge in [-0.3, -0.25) is 4.79 Å². The number of hydrazone groups is 1. The van der Waals surface area contributed by atoms with Crippen LogP contribution in [-0.2, 0) is 6.61 Å². The molecule has 5 nitrogen and oxygen atoms in total. The van der Waals surface area contributed by atoms with E-state index in [0.29, 0.717) is 12.4 Å². The molecular formula is C20H17BrN2O3. The van der Waals surface area contributed by atoms with Crippen LogP contribution in [0.2, 0.25) is 0 Å². The maximum atomic E-state index is 11.8. The molecule has 0 spiro atoms. The van der Waals surface area contributed by atoms with Gasteiger partial charge in [-0.1, -0.05) is 28.1 Å². The molecule has 132 valence electrons. The molecule has 1 heterocycles. The van der Waals surface area contributed by atoms with Crippen LogP contribution in [0.1, 0.15) is 27.4 Å². The lowest BCUT2D eigenvalue weighted by Crippen LogP contribution is -2.16. The van der Waals surface area contributed by atoms with Crippen LogP contribution in [0.5, 0.6) is 5.75 Å². The Morgan fingerprint density at radius 1 is 1.12 bits per heavy atom. The second kappa shape index (κ2) is 8.49. The molecule has 0 bridgehead atoms. The molecule has 3 aromatic rings. The number of nitrogens with one attached hydrogen (secondary N) is 1. The van der Waals surface area contributed by atoms with Gasteiger partial charge in [-0.05, 0) is 66.6 Å². The van der Waals surface area contributed by atoms with Crippen LogP contribution in [0.15, 0.2) is 74.7 Å². The predicted octanol–water partition coefficient (Wildman–Crippen LogP) is 4.69. The number of furan rings is 1. The molecule has 0 aliphatic rings. The Morgan fingerprint density at radius 3 is 2.50 bits per heavy atom. The highest BCUT2D eigenvalue weighted by molar-refractivity contribution is 9.10. The Hall–Kier alpha value is -2.86. The van der Waals surface area contributed by atoms with Crippen molar-refractivity contribution >= 4 is 28.1 Å². The van der Waals surface area contributed by atoms with Crippen molar-refractivity contribution in [2.75, 3.05) is 0 Å². The normalized spacial score (nSPS) is 10.8. The molecule has 0 saturated heterocycles. The van der Waals surface area contributed by atoms with Gasteiger partial charge in [0.1, 0.15) is 18.1 Å². The summed E-state index contributed by atoms with van der Waals surface area (Å²) in [6.07, 6.45) is 1.56. The number of ether oxygens (including phenoxy) is 1. The number of hydrogen-bond acceptors (Lipinski definition) is 4. The minimum atomic E-state index is -0.385. The molecule has 0 aliphatic heterocycles. The zero-order chi connectivity index (χ0) is 18.4. The molecule has 2 aromatic carbocycles. The van der Waals surface area contributed by atoms with E-state index in [2.05, 4.69) is 26.5 Å². The number of hydrogen-bond donors (Lipinski definition) is 1. The van der Waals surface area contributed by atoms with Crippen molar-refractivity contribution in [3.8, 4) is 5.75 Å². The Labute approximate surface area is 159 Å². The number of halogens is 1. The average molecular weight is 413 g/mol. The number of benzene rings is 2. The van der Waals surface area contributed by atoms with Crippen LogP contribution >= 0.6 is 15.9 Å². The Morgan fingerprint density at radius 2 is 1.85 bits per heavy atom. The first-order valence-corrected chi connectivity index (χ1v) is 8.76. The molecule has 0 unspecified atom stereocenters. The molecule has 0 atom stereocenters. The number of aryl methyl sites for hydroxylation is 1. The van der Waals surface area contributed by atoms with Gasteiger partial charge in [0.05, 0.1) is 6.21 Å². The molecule has 0 radical (unpaired) electrons. The van der Waals surface area contributed by atoms with Gasteiger partial charge in [-0.15, -0.1) is 0 Å². The zero-order valence-electron chi connectivity index (χ0n) is 14.1. The van der Waals surface area contributed by atoms with Gasteiger partial charge in [0.2, 0.25) is 0 Å². The predicted molar refractivity (Wildman–Crippen MR) is 103 cm³/mol. The first-order chi connectivity index (χ1) is 12.6. The summed E-state index contributed by atoms with van der Waals surface area (Å²) in [4.78, 5) is 11.8. The summed E-state index contributed by atoms with van der Waals surface area (Å²) in [6, 6.07) is 18.8. The summed E-state index contributed by atoms with van der Waals surface area (Å²) in [5, 5.41) is 3.93. The van der Waals surface area contributed by atoms with E-state index >= 15 is 0 Å². The van der Waals surface area contributed by atoms with Crippen LogP contribution in [0.3, 0.4) is 0 Å². The van der Waals surface area contributed by atoms with Crippen molar-refractivity contribution in [2.45, 2.75) is 13.5 Å². The van der Waals surface area contributed by atoms with Crippen molar-refractivity contribution in [3.63, 3.8) is 0 Å². The van der Waals surface area contributed by atoms with E-state index in [9.17, 15) is 4.79 Å². The third-order valence-corrected chi connectivity index (χ3v) is 4.07. The van der Waals surface area contributed by atoms with Gasteiger partial charge in [0, 0.05) is 4.47 Å². The second-order valence-electron chi connectivity index (χ2n) is 5.59. The molecule has 0 fully saturated rings. The van der Waals surface area contributed by atoms with Crippen LogP contribution in [0.25, 0.3) is 0 Å². The van der Waals surface area contributed by atoms with E-state index < -0.39 is 0 Å².